The van der Waals surface area contributed by atoms with Gasteiger partial charge in [0.05, 0.1) is 20.3 Å². The number of hydrogen-bond donors (Lipinski definition) is 1. The summed E-state index contributed by atoms with van der Waals surface area (Å²) in [6.45, 7) is 9.39. The van der Waals surface area contributed by atoms with E-state index in [1.807, 2.05) is 0 Å². The predicted molar refractivity (Wildman–Crippen MR) is 71.8 cm³/mol. The molecule has 0 saturated carbocycles. The SMILES string of the molecule is CCOC(=O)/C=C(\C(C)=O)C(=O)NC[Si](C)(C)C. The Morgan fingerprint density at radius 1 is 1.22 bits per heavy atom. The van der Waals surface area contributed by atoms with Crippen LogP contribution in [0.5, 0.6) is 0 Å². The Morgan fingerprint density at radius 3 is 2.17 bits per heavy atom. The van der Waals surface area contributed by atoms with Crippen molar-refractivity contribution in [3.63, 3.8) is 0 Å². The lowest BCUT2D eigenvalue weighted by atomic mass is 10.1. The zero-order valence-electron chi connectivity index (χ0n) is 11.6. The third kappa shape index (κ3) is 7.00. The van der Waals surface area contributed by atoms with E-state index in [4.69, 9.17) is 0 Å². The Morgan fingerprint density at radius 2 is 1.78 bits per heavy atom. The van der Waals surface area contributed by atoms with Crippen molar-refractivity contribution in [1.82, 2.24) is 5.32 Å². The molecule has 0 rings (SSSR count). The van der Waals surface area contributed by atoms with Crippen LogP contribution in [0.15, 0.2) is 11.6 Å². The number of rotatable bonds is 6. The first-order valence-corrected chi connectivity index (χ1v) is 9.55. The molecule has 0 aromatic rings. The van der Waals surface area contributed by atoms with Crippen LogP contribution in [0.2, 0.25) is 19.6 Å². The molecule has 1 amide bonds. The van der Waals surface area contributed by atoms with E-state index in [-0.39, 0.29) is 12.2 Å². The van der Waals surface area contributed by atoms with Gasteiger partial charge in [-0.25, -0.2) is 4.79 Å². The number of carbonyl (C=O) groups excluding carboxylic acids is 3. The highest BCUT2D eigenvalue weighted by molar-refractivity contribution is 6.76. The van der Waals surface area contributed by atoms with Gasteiger partial charge in [0.15, 0.2) is 5.78 Å². The van der Waals surface area contributed by atoms with Crippen molar-refractivity contribution < 1.29 is 19.1 Å². The minimum Gasteiger partial charge on any atom is -0.463 e. The summed E-state index contributed by atoms with van der Waals surface area (Å²) in [4.78, 5) is 34.4. The third-order valence-electron chi connectivity index (χ3n) is 1.95. The number of Topliss-reactive ketones (excluding diaryl/α,β-unsaturated/α-hetero) is 1. The fourth-order valence-electron chi connectivity index (χ4n) is 1.07. The van der Waals surface area contributed by atoms with Crippen LogP contribution < -0.4 is 5.32 Å². The topological polar surface area (TPSA) is 72.5 Å². The predicted octanol–water partition coefficient (Wildman–Crippen LogP) is 1.06. The van der Waals surface area contributed by atoms with Gasteiger partial charge in [0.1, 0.15) is 0 Å². The van der Waals surface area contributed by atoms with Crippen molar-refractivity contribution in [2.45, 2.75) is 33.5 Å². The van der Waals surface area contributed by atoms with E-state index in [0.29, 0.717) is 6.17 Å². The molecule has 0 aliphatic carbocycles. The summed E-state index contributed by atoms with van der Waals surface area (Å²) < 4.78 is 4.68. The van der Waals surface area contributed by atoms with Crippen molar-refractivity contribution in [2.75, 3.05) is 12.8 Å². The Balaban J connectivity index is 4.76. The standard InChI is InChI=1S/C12H21NO4Si/c1-6-17-11(15)7-10(9(2)14)12(16)13-8-18(3,4)5/h7H,6,8H2,1-5H3,(H,13,16)/b10-7+. The first-order valence-electron chi connectivity index (χ1n) is 5.85. The largest absolute Gasteiger partial charge is 0.463 e. The van der Waals surface area contributed by atoms with Crippen molar-refractivity contribution in [3.8, 4) is 0 Å². The van der Waals surface area contributed by atoms with E-state index in [0.717, 1.165) is 6.08 Å². The van der Waals surface area contributed by atoms with E-state index in [1.165, 1.54) is 6.92 Å². The second-order valence-corrected chi connectivity index (χ2v) is 10.6. The minimum absolute atomic E-state index is 0.160. The maximum Gasteiger partial charge on any atom is 0.331 e. The van der Waals surface area contributed by atoms with E-state index < -0.39 is 25.7 Å². The monoisotopic (exact) mass is 271 g/mol. The highest BCUT2D eigenvalue weighted by Crippen LogP contribution is 2.01. The molecule has 6 heteroatoms. The van der Waals surface area contributed by atoms with Crippen molar-refractivity contribution in [2.24, 2.45) is 0 Å². The molecule has 102 valence electrons. The molecule has 0 aliphatic rings. The number of carbonyl (C=O) groups is 3. The maximum absolute atomic E-state index is 11.8. The number of amides is 1. The third-order valence-corrected chi connectivity index (χ3v) is 3.19. The Hall–Kier alpha value is -1.43. The number of hydrogen-bond acceptors (Lipinski definition) is 4. The summed E-state index contributed by atoms with van der Waals surface area (Å²) in [6, 6.07) is 0. The summed E-state index contributed by atoms with van der Waals surface area (Å²) >= 11 is 0. The van der Waals surface area contributed by atoms with Gasteiger partial charge >= 0.3 is 5.97 Å². The number of esters is 1. The first kappa shape index (κ1) is 16.6. The molecular formula is C12H21NO4Si. The highest BCUT2D eigenvalue weighted by atomic mass is 28.3. The van der Waals surface area contributed by atoms with Crippen LogP contribution in [0.25, 0.3) is 0 Å². The van der Waals surface area contributed by atoms with Crippen molar-refractivity contribution in [1.29, 1.82) is 0 Å². The summed E-state index contributed by atoms with van der Waals surface area (Å²) in [6.07, 6.45) is 1.50. The molecule has 0 saturated heterocycles. The average molecular weight is 271 g/mol. The first-order chi connectivity index (χ1) is 8.17. The molecular weight excluding hydrogens is 250 g/mol. The molecule has 0 heterocycles. The maximum atomic E-state index is 11.8. The second kappa shape index (κ2) is 7.10. The molecule has 0 atom stereocenters. The van der Waals surface area contributed by atoms with Gasteiger partial charge in [-0.15, -0.1) is 0 Å². The molecule has 0 unspecified atom stereocenters. The van der Waals surface area contributed by atoms with Crippen LogP contribution in [0, 0.1) is 0 Å². The fraction of sp³-hybridized carbons (Fsp3) is 0.583. The van der Waals surface area contributed by atoms with Crippen LogP contribution >= 0.6 is 0 Å². The summed E-state index contributed by atoms with van der Waals surface area (Å²) in [7, 11) is -1.44. The van der Waals surface area contributed by atoms with Gasteiger partial charge in [0.2, 0.25) is 0 Å². The van der Waals surface area contributed by atoms with Gasteiger partial charge in [-0.3, -0.25) is 9.59 Å². The Bertz CT molecular complexity index is 369. The summed E-state index contributed by atoms with van der Waals surface area (Å²) in [5, 5.41) is 2.68. The molecule has 18 heavy (non-hydrogen) atoms. The summed E-state index contributed by atoms with van der Waals surface area (Å²) in [5.41, 5.74) is -0.160. The lowest BCUT2D eigenvalue weighted by Gasteiger charge is -2.16. The van der Waals surface area contributed by atoms with Gasteiger partial charge < -0.3 is 10.1 Å². The van der Waals surface area contributed by atoms with E-state index in [9.17, 15) is 14.4 Å². The molecule has 0 spiro atoms. The zero-order chi connectivity index (χ0) is 14.3. The lowest BCUT2D eigenvalue weighted by molar-refractivity contribution is -0.138. The number of nitrogens with one attached hydrogen (secondary N) is 1. The summed E-state index contributed by atoms with van der Waals surface area (Å²) in [5.74, 6) is -1.64. The lowest BCUT2D eigenvalue weighted by Crippen LogP contribution is -2.41. The minimum atomic E-state index is -1.44. The zero-order valence-corrected chi connectivity index (χ0v) is 12.6. The van der Waals surface area contributed by atoms with Gasteiger partial charge in [0.25, 0.3) is 5.91 Å². The Kier molecular flexibility index (Phi) is 6.54. The van der Waals surface area contributed by atoms with E-state index in [2.05, 4.69) is 29.7 Å². The normalized spacial score (nSPS) is 11.9. The van der Waals surface area contributed by atoms with E-state index in [1.54, 1.807) is 6.92 Å². The van der Waals surface area contributed by atoms with E-state index >= 15 is 0 Å². The van der Waals surface area contributed by atoms with Crippen LogP contribution in [-0.4, -0.2) is 38.5 Å². The molecule has 5 nitrogen and oxygen atoms in total. The van der Waals surface area contributed by atoms with Crippen LogP contribution in [0.3, 0.4) is 0 Å². The molecule has 1 N–H and O–H groups in total. The molecule has 0 aromatic heterocycles. The van der Waals surface area contributed by atoms with Gasteiger partial charge in [-0.1, -0.05) is 19.6 Å². The number of ether oxygens (including phenoxy) is 1. The van der Waals surface area contributed by atoms with Gasteiger partial charge in [-0.2, -0.15) is 0 Å². The van der Waals surface area contributed by atoms with Crippen LogP contribution in [0.4, 0.5) is 0 Å². The molecule has 0 aromatic carbocycles. The van der Waals surface area contributed by atoms with Crippen molar-refractivity contribution >= 4 is 25.7 Å². The second-order valence-electron chi connectivity index (χ2n) is 5.11. The molecule has 0 bridgehead atoms. The van der Waals surface area contributed by atoms with Gasteiger partial charge in [0, 0.05) is 12.2 Å². The number of ketones is 1. The molecule has 0 fully saturated rings. The van der Waals surface area contributed by atoms with Crippen LogP contribution in [-0.2, 0) is 19.1 Å². The molecule has 0 radical (unpaired) electrons. The molecule has 0 aliphatic heterocycles. The van der Waals surface area contributed by atoms with Crippen LogP contribution in [0.1, 0.15) is 13.8 Å². The fourth-order valence-corrected chi connectivity index (χ4v) is 1.76. The Labute approximate surface area is 109 Å². The smallest absolute Gasteiger partial charge is 0.331 e. The average Bonchev–Trinajstić information content (AvgIpc) is 2.21. The van der Waals surface area contributed by atoms with Crippen molar-refractivity contribution in [3.05, 3.63) is 11.6 Å². The van der Waals surface area contributed by atoms with Gasteiger partial charge in [-0.05, 0) is 13.8 Å². The quantitative estimate of drug-likeness (QED) is 0.258. The highest BCUT2D eigenvalue weighted by Gasteiger charge is 2.20.